The van der Waals surface area contributed by atoms with Gasteiger partial charge in [0.1, 0.15) is 0 Å². The van der Waals surface area contributed by atoms with Crippen molar-refractivity contribution in [2.75, 3.05) is 18.0 Å². The minimum absolute atomic E-state index is 0.297. The molecule has 0 saturated heterocycles. The lowest BCUT2D eigenvalue weighted by Gasteiger charge is -2.31. The molecule has 3 rings (SSSR count). The first-order valence-electron chi connectivity index (χ1n) is 6.15. The number of aromatic nitrogens is 2. The summed E-state index contributed by atoms with van der Waals surface area (Å²) >= 11 is 1.83. The van der Waals surface area contributed by atoms with Crippen LogP contribution in [0.25, 0.3) is 0 Å². The van der Waals surface area contributed by atoms with Gasteiger partial charge in [-0.25, -0.2) is 0 Å². The van der Waals surface area contributed by atoms with Gasteiger partial charge in [-0.15, -0.1) is 16.4 Å². The molecule has 1 aliphatic heterocycles. The highest BCUT2D eigenvalue weighted by atomic mass is 32.1. The molecule has 1 unspecified atom stereocenters. The molecule has 0 bridgehead atoms. The van der Waals surface area contributed by atoms with E-state index in [4.69, 9.17) is 10.2 Å². The molecule has 1 aliphatic rings. The summed E-state index contributed by atoms with van der Waals surface area (Å²) in [6.07, 6.45) is 1.69. The van der Waals surface area contributed by atoms with Crippen molar-refractivity contribution in [1.82, 2.24) is 10.2 Å². The molecular weight excluding hydrogens is 248 g/mol. The summed E-state index contributed by atoms with van der Waals surface area (Å²) in [5.41, 5.74) is 6.86. The van der Waals surface area contributed by atoms with E-state index in [2.05, 4.69) is 33.5 Å². The van der Waals surface area contributed by atoms with Crippen molar-refractivity contribution in [3.63, 3.8) is 0 Å². The minimum Gasteiger partial charge on any atom is -0.408 e. The van der Waals surface area contributed by atoms with E-state index < -0.39 is 0 Å². The third-order valence-corrected chi connectivity index (χ3v) is 4.33. The van der Waals surface area contributed by atoms with Crippen LogP contribution >= 0.6 is 11.3 Å². The first kappa shape index (κ1) is 11.7. The standard InChI is InChI=1S/C12H16N4OS/c1-8-9-4-7-18-10(9)3-6-16(8)12-15-14-11(17-12)2-5-13/h4,7-8H,2-3,5-6,13H2,1H3. The van der Waals surface area contributed by atoms with Gasteiger partial charge in [0.05, 0.1) is 6.04 Å². The molecule has 2 N–H and O–H groups in total. The average Bonchev–Trinajstić information content (AvgIpc) is 2.99. The first-order valence-corrected chi connectivity index (χ1v) is 7.03. The summed E-state index contributed by atoms with van der Waals surface area (Å²) in [4.78, 5) is 3.64. The van der Waals surface area contributed by atoms with Gasteiger partial charge in [-0.1, -0.05) is 5.10 Å². The van der Waals surface area contributed by atoms with Gasteiger partial charge in [0, 0.05) is 24.4 Å². The van der Waals surface area contributed by atoms with Crippen molar-refractivity contribution in [2.45, 2.75) is 25.8 Å². The second-order valence-corrected chi connectivity index (χ2v) is 5.44. The second-order valence-electron chi connectivity index (χ2n) is 4.44. The number of nitrogens with zero attached hydrogens (tertiary/aromatic N) is 3. The molecule has 5 nitrogen and oxygen atoms in total. The van der Waals surface area contributed by atoms with E-state index in [1.807, 2.05) is 11.3 Å². The van der Waals surface area contributed by atoms with Crippen LogP contribution in [0.4, 0.5) is 6.01 Å². The van der Waals surface area contributed by atoms with Crippen LogP contribution in [0.3, 0.4) is 0 Å². The van der Waals surface area contributed by atoms with Crippen LogP contribution in [0, 0.1) is 0 Å². The third kappa shape index (κ3) is 1.91. The minimum atomic E-state index is 0.297. The number of anilines is 1. The van der Waals surface area contributed by atoms with Gasteiger partial charge in [-0.05, 0) is 30.4 Å². The lowest BCUT2D eigenvalue weighted by atomic mass is 10.0. The highest BCUT2D eigenvalue weighted by Gasteiger charge is 2.28. The molecule has 0 saturated carbocycles. The summed E-state index contributed by atoms with van der Waals surface area (Å²) in [7, 11) is 0. The molecule has 6 heteroatoms. The molecule has 0 radical (unpaired) electrons. The largest absolute Gasteiger partial charge is 0.408 e. The summed E-state index contributed by atoms with van der Waals surface area (Å²) in [5.74, 6) is 0.621. The van der Waals surface area contributed by atoms with Crippen molar-refractivity contribution in [3.05, 3.63) is 27.8 Å². The van der Waals surface area contributed by atoms with Crippen molar-refractivity contribution < 1.29 is 4.42 Å². The van der Waals surface area contributed by atoms with Gasteiger partial charge in [0.15, 0.2) is 0 Å². The first-order chi connectivity index (χ1) is 8.79. The number of hydrogen-bond acceptors (Lipinski definition) is 6. The second kappa shape index (κ2) is 4.70. The maximum absolute atomic E-state index is 5.65. The van der Waals surface area contributed by atoms with E-state index in [0.29, 0.717) is 30.9 Å². The summed E-state index contributed by atoms with van der Waals surface area (Å²) in [6, 6.07) is 3.10. The molecule has 1 atom stereocenters. The molecular formula is C12H16N4OS. The fourth-order valence-electron chi connectivity index (χ4n) is 2.36. The maximum atomic E-state index is 5.65. The molecule has 18 heavy (non-hydrogen) atoms. The van der Waals surface area contributed by atoms with Crippen LogP contribution < -0.4 is 10.6 Å². The summed E-state index contributed by atoms with van der Waals surface area (Å²) in [6.45, 7) is 3.64. The van der Waals surface area contributed by atoms with Crippen LogP contribution in [-0.4, -0.2) is 23.3 Å². The van der Waals surface area contributed by atoms with Crippen LogP contribution in [0.5, 0.6) is 0 Å². The smallest absolute Gasteiger partial charge is 0.318 e. The van der Waals surface area contributed by atoms with Crippen molar-refractivity contribution >= 4 is 17.4 Å². The van der Waals surface area contributed by atoms with Crippen LogP contribution in [0.2, 0.25) is 0 Å². The number of hydrogen-bond donors (Lipinski definition) is 1. The highest BCUT2D eigenvalue weighted by molar-refractivity contribution is 7.10. The van der Waals surface area contributed by atoms with Crippen molar-refractivity contribution in [2.24, 2.45) is 5.73 Å². The molecule has 96 valence electrons. The third-order valence-electron chi connectivity index (χ3n) is 3.34. The predicted octanol–water partition coefficient (Wildman–Crippen LogP) is 1.76. The summed E-state index contributed by atoms with van der Waals surface area (Å²) in [5, 5.41) is 10.3. The molecule has 0 aliphatic carbocycles. The Balaban J connectivity index is 1.84. The van der Waals surface area contributed by atoms with Gasteiger partial charge >= 0.3 is 6.01 Å². The number of rotatable bonds is 3. The Morgan fingerprint density at radius 1 is 1.56 bits per heavy atom. The van der Waals surface area contributed by atoms with Gasteiger partial charge in [-0.2, -0.15) is 0 Å². The molecule has 0 fully saturated rings. The van der Waals surface area contributed by atoms with E-state index in [9.17, 15) is 0 Å². The quantitative estimate of drug-likeness (QED) is 0.914. The van der Waals surface area contributed by atoms with Gasteiger partial charge in [0.25, 0.3) is 0 Å². The van der Waals surface area contributed by atoms with Crippen LogP contribution in [-0.2, 0) is 12.8 Å². The lowest BCUT2D eigenvalue weighted by molar-refractivity contribution is 0.463. The Bertz CT molecular complexity index is 536. The van der Waals surface area contributed by atoms with E-state index in [1.165, 1.54) is 10.4 Å². The van der Waals surface area contributed by atoms with Crippen LogP contribution in [0.15, 0.2) is 15.9 Å². The Hall–Kier alpha value is -1.40. The Morgan fingerprint density at radius 2 is 2.44 bits per heavy atom. The van der Waals surface area contributed by atoms with E-state index in [0.717, 1.165) is 13.0 Å². The van der Waals surface area contributed by atoms with E-state index >= 15 is 0 Å². The number of nitrogens with two attached hydrogens (primary N) is 1. The highest BCUT2D eigenvalue weighted by Crippen LogP contribution is 2.35. The van der Waals surface area contributed by atoms with Crippen molar-refractivity contribution in [1.29, 1.82) is 0 Å². The average molecular weight is 264 g/mol. The summed E-state index contributed by atoms with van der Waals surface area (Å²) < 4.78 is 5.65. The Kier molecular flexibility index (Phi) is 3.05. The van der Waals surface area contributed by atoms with E-state index in [-0.39, 0.29) is 0 Å². The molecule has 0 amide bonds. The molecule has 0 aromatic carbocycles. The SMILES string of the molecule is CC1c2ccsc2CCN1c1nnc(CCN)o1. The molecule has 3 heterocycles. The predicted molar refractivity (Wildman–Crippen MR) is 70.8 cm³/mol. The maximum Gasteiger partial charge on any atom is 0.318 e. The van der Waals surface area contributed by atoms with Gasteiger partial charge < -0.3 is 15.1 Å². The Morgan fingerprint density at radius 3 is 3.28 bits per heavy atom. The fraction of sp³-hybridized carbons (Fsp3) is 0.500. The zero-order valence-electron chi connectivity index (χ0n) is 10.3. The zero-order chi connectivity index (χ0) is 12.5. The molecule has 2 aromatic rings. The van der Waals surface area contributed by atoms with Crippen LogP contribution in [0.1, 0.15) is 29.3 Å². The monoisotopic (exact) mass is 264 g/mol. The van der Waals surface area contributed by atoms with Gasteiger partial charge in [-0.3, -0.25) is 0 Å². The number of thiophene rings is 1. The molecule has 2 aromatic heterocycles. The van der Waals surface area contributed by atoms with Gasteiger partial charge in [0.2, 0.25) is 5.89 Å². The normalized spacial score (nSPS) is 19.0. The zero-order valence-corrected chi connectivity index (χ0v) is 11.1. The topological polar surface area (TPSA) is 68.2 Å². The lowest BCUT2D eigenvalue weighted by Crippen LogP contribution is -2.33. The number of fused-ring (bicyclic) bond motifs is 1. The van der Waals surface area contributed by atoms with E-state index in [1.54, 1.807) is 0 Å². The van der Waals surface area contributed by atoms with Crippen molar-refractivity contribution in [3.8, 4) is 0 Å². The Labute approximate surface area is 110 Å². The molecule has 0 spiro atoms. The fourth-order valence-corrected chi connectivity index (χ4v) is 3.32.